The van der Waals surface area contributed by atoms with E-state index in [2.05, 4.69) is 14.8 Å². The number of amides is 1. The van der Waals surface area contributed by atoms with Crippen molar-refractivity contribution in [1.29, 1.82) is 0 Å². The number of nitrogens with one attached hydrogen (secondary N) is 2. The number of rotatable bonds is 6. The number of para-hydroxylation sites is 1. The summed E-state index contributed by atoms with van der Waals surface area (Å²) < 4.78 is 81.3. The van der Waals surface area contributed by atoms with Gasteiger partial charge in [0.2, 0.25) is 0 Å². The van der Waals surface area contributed by atoms with Gasteiger partial charge in [0.15, 0.2) is 0 Å². The normalized spacial score (nSPS) is 11.6. The SMILES string of the molecule is O=C(Nc1cccc(OC(F)(F)F)c1)c1ccc(S(=O)(=O)Nc2ccccc2F)cc1. The summed E-state index contributed by atoms with van der Waals surface area (Å²) in [7, 11) is -4.10. The van der Waals surface area contributed by atoms with Crippen molar-refractivity contribution in [2.45, 2.75) is 11.3 Å². The summed E-state index contributed by atoms with van der Waals surface area (Å²) in [6, 6.07) is 14.6. The van der Waals surface area contributed by atoms with Crippen LogP contribution in [0.3, 0.4) is 0 Å². The molecule has 0 fully saturated rings. The molecule has 31 heavy (non-hydrogen) atoms. The molecule has 3 rings (SSSR count). The molecule has 1 amide bonds. The number of benzene rings is 3. The van der Waals surface area contributed by atoms with Gasteiger partial charge in [0.05, 0.1) is 10.6 Å². The smallest absolute Gasteiger partial charge is 0.406 e. The molecule has 0 aliphatic rings. The van der Waals surface area contributed by atoms with Gasteiger partial charge in [-0.25, -0.2) is 12.8 Å². The maximum atomic E-state index is 13.7. The third kappa shape index (κ3) is 5.95. The van der Waals surface area contributed by atoms with Crippen molar-refractivity contribution < 1.29 is 35.5 Å². The third-order valence-corrected chi connectivity index (χ3v) is 5.25. The number of carbonyl (C=O) groups excluding carboxylic acids is 1. The van der Waals surface area contributed by atoms with Gasteiger partial charge >= 0.3 is 6.36 Å². The Morgan fingerprint density at radius 2 is 1.58 bits per heavy atom. The second kappa shape index (κ2) is 8.64. The van der Waals surface area contributed by atoms with E-state index in [0.717, 1.165) is 30.3 Å². The van der Waals surface area contributed by atoms with Crippen molar-refractivity contribution in [1.82, 2.24) is 0 Å². The highest BCUT2D eigenvalue weighted by Crippen LogP contribution is 2.25. The lowest BCUT2D eigenvalue weighted by molar-refractivity contribution is -0.274. The largest absolute Gasteiger partial charge is 0.573 e. The summed E-state index contributed by atoms with van der Waals surface area (Å²) in [5.74, 6) is -1.94. The first-order valence-corrected chi connectivity index (χ1v) is 10.1. The van der Waals surface area contributed by atoms with Crippen LogP contribution in [0.25, 0.3) is 0 Å². The maximum absolute atomic E-state index is 13.7. The van der Waals surface area contributed by atoms with Crippen molar-refractivity contribution in [2.75, 3.05) is 10.0 Å². The quantitative estimate of drug-likeness (QED) is 0.525. The van der Waals surface area contributed by atoms with Gasteiger partial charge in [0, 0.05) is 17.3 Å². The summed E-state index contributed by atoms with van der Waals surface area (Å²) in [5.41, 5.74) is -0.137. The van der Waals surface area contributed by atoms with Crippen LogP contribution in [0.1, 0.15) is 10.4 Å². The van der Waals surface area contributed by atoms with E-state index in [-0.39, 0.29) is 21.8 Å². The minimum atomic E-state index is -4.87. The minimum Gasteiger partial charge on any atom is -0.406 e. The molecular formula is C20H14F4N2O4S. The van der Waals surface area contributed by atoms with Gasteiger partial charge in [-0.2, -0.15) is 0 Å². The molecule has 162 valence electrons. The molecule has 0 saturated carbocycles. The Kier molecular flexibility index (Phi) is 6.16. The van der Waals surface area contributed by atoms with Gasteiger partial charge in [0.1, 0.15) is 11.6 Å². The average molecular weight is 454 g/mol. The third-order valence-electron chi connectivity index (χ3n) is 3.87. The zero-order chi connectivity index (χ0) is 22.6. The molecular weight excluding hydrogens is 440 g/mol. The first-order valence-electron chi connectivity index (χ1n) is 8.58. The predicted octanol–water partition coefficient (Wildman–Crippen LogP) is 4.78. The van der Waals surface area contributed by atoms with Crippen LogP contribution in [0.4, 0.5) is 28.9 Å². The maximum Gasteiger partial charge on any atom is 0.573 e. The second-order valence-corrected chi connectivity index (χ2v) is 7.82. The van der Waals surface area contributed by atoms with Crippen LogP contribution >= 0.6 is 0 Å². The zero-order valence-electron chi connectivity index (χ0n) is 15.5. The molecule has 0 saturated heterocycles. The number of ether oxygens (including phenoxy) is 1. The number of sulfonamides is 1. The van der Waals surface area contributed by atoms with E-state index in [1.165, 1.54) is 42.5 Å². The Balaban J connectivity index is 1.72. The number of hydrogen-bond donors (Lipinski definition) is 2. The number of carbonyl (C=O) groups is 1. The molecule has 3 aromatic carbocycles. The van der Waals surface area contributed by atoms with Crippen LogP contribution in [0.15, 0.2) is 77.7 Å². The highest BCUT2D eigenvalue weighted by atomic mass is 32.2. The lowest BCUT2D eigenvalue weighted by Gasteiger charge is -2.11. The topological polar surface area (TPSA) is 84.5 Å². The van der Waals surface area contributed by atoms with Gasteiger partial charge in [-0.3, -0.25) is 9.52 Å². The molecule has 6 nitrogen and oxygen atoms in total. The van der Waals surface area contributed by atoms with Crippen LogP contribution in [0.5, 0.6) is 5.75 Å². The Morgan fingerprint density at radius 1 is 0.903 bits per heavy atom. The molecule has 0 aliphatic carbocycles. The summed E-state index contributed by atoms with van der Waals surface area (Å²) in [6.45, 7) is 0. The fourth-order valence-corrected chi connectivity index (χ4v) is 3.57. The fourth-order valence-electron chi connectivity index (χ4n) is 2.51. The standard InChI is InChI=1S/C20H14F4N2O4S/c21-17-6-1-2-7-18(17)26-31(28,29)16-10-8-13(9-11-16)19(27)25-14-4-3-5-15(12-14)30-20(22,23)24/h1-12,26H,(H,25,27). The molecule has 3 aromatic rings. The Labute approximate surface area is 174 Å². The predicted molar refractivity (Wildman–Crippen MR) is 105 cm³/mol. The summed E-state index contributed by atoms with van der Waals surface area (Å²) in [5, 5.41) is 2.39. The molecule has 2 N–H and O–H groups in total. The molecule has 0 aromatic heterocycles. The molecule has 0 heterocycles. The van der Waals surface area contributed by atoms with Crippen molar-refractivity contribution >= 4 is 27.3 Å². The summed E-state index contributed by atoms with van der Waals surface area (Å²) >= 11 is 0. The molecule has 0 radical (unpaired) electrons. The van der Waals surface area contributed by atoms with E-state index in [1.807, 2.05) is 0 Å². The molecule has 0 bridgehead atoms. The van der Waals surface area contributed by atoms with E-state index in [1.54, 1.807) is 0 Å². The summed E-state index contributed by atoms with van der Waals surface area (Å²) in [4.78, 5) is 12.1. The van der Waals surface area contributed by atoms with E-state index in [9.17, 15) is 30.8 Å². The second-order valence-electron chi connectivity index (χ2n) is 6.14. The number of hydrogen-bond acceptors (Lipinski definition) is 4. The molecule has 0 unspecified atom stereocenters. The highest BCUT2D eigenvalue weighted by Gasteiger charge is 2.31. The first-order chi connectivity index (χ1) is 14.5. The molecule has 0 spiro atoms. The fraction of sp³-hybridized carbons (Fsp3) is 0.0500. The highest BCUT2D eigenvalue weighted by molar-refractivity contribution is 7.92. The van der Waals surface area contributed by atoms with E-state index in [4.69, 9.17) is 0 Å². The van der Waals surface area contributed by atoms with Crippen LogP contribution in [-0.2, 0) is 10.0 Å². The minimum absolute atomic E-state index is 0.0460. The van der Waals surface area contributed by atoms with Crippen LogP contribution < -0.4 is 14.8 Å². The van der Waals surface area contributed by atoms with Gasteiger partial charge in [-0.05, 0) is 48.5 Å². The zero-order valence-corrected chi connectivity index (χ0v) is 16.3. The van der Waals surface area contributed by atoms with Gasteiger partial charge in [-0.1, -0.05) is 18.2 Å². The lowest BCUT2D eigenvalue weighted by Crippen LogP contribution is -2.17. The van der Waals surface area contributed by atoms with Crippen molar-refractivity contribution in [3.8, 4) is 5.75 Å². The monoisotopic (exact) mass is 454 g/mol. The van der Waals surface area contributed by atoms with Crippen molar-refractivity contribution in [3.63, 3.8) is 0 Å². The lowest BCUT2D eigenvalue weighted by atomic mass is 10.2. The van der Waals surface area contributed by atoms with E-state index < -0.39 is 33.9 Å². The number of anilines is 2. The summed E-state index contributed by atoms with van der Waals surface area (Å²) in [6.07, 6.45) is -4.87. The Bertz CT molecular complexity index is 1200. The van der Waals surface area contributed by atoms with Crippen molar-refractivity contribution in [3.05, 3.63) is 84.2 Å². The Hall–Kier alpha value is -3.60. The molecule has 0 aliphatic heterocycles. The van der Waals surface area contributed by atoms with Gasteiger partial charge in [0.25, 0.3) is 15.9 Å². The van der Waals surface area contributed by atoms with Crippen molar-refractivity contribution in [2.24, 2.45) is 0 Å². The van der Waals surface area contributed by atoms with Gasteiger partial charge < -0.3 is 10.1 Å². The average Bonchev–Trinajstić information content (AvgIpc) is 2.69. The van der Waals surface area contributed by atoms with Crippen LogP contribution in [-0.4, -0.2) is 20.7 Å². The van der Waals surface area contributed by atoms with E-state index in [0.29, 0.717) is 0 Å². The molecule has 0 atom stereocenters. The first kappa shape index (κ1) is 22.1. The van der Waals surface area contributed by atoms with E-state index >= 15 is 0 Å². The number of halogens is 4. The number of alkyl halides is 3. The Morgan fingerprint density at radius 3 is 2.23 bits per heavy atom. The van der Waals surface area contributed by atoms with Crippen LogP contribution in [0.2, 0.25) is 0 Å². The van der Waals surface area contributed by atoms with Crippen LogP contribution in [0, 0.1) is 5.82 Å². The molecule has 11 heteroatoms. The van der Waals surface area contributed by atoms with Gasteiger partial charge in [-0.15, -0.1) is 13.2 Å².